The summed E-state index contributed by atoms with van der Waals surface area (Å²) in [6.45, 7) is 0.836. The monoisotopic (exact) mass is 605 g/mol. The topological polar surface area (TPSA) is 305 Å². The predicted octanol–water partition coefficient (Wildman–Crippen LogP) is -2.67. The number of carbonyl (C=O) groups is 4. The number of carbonyl (C=O) groups excluding carboxylic acids is 3. The number of aliphatic imine (C=N–C) groups is 2. The average molecular weight is 606 g/mol. The quantitative estimate of drug-likeness (QED) is 0.0391. The van der Waals surface area contributed by atoms with Gasteiger partial charge in [-0.05, 0) is 50.6 Å². The van der Waals surface area contributed by atoms with E-state index in [1.54, 1.807) is 30.3 Å². The van der Waals surface area contributed by atoms with Crippen molar-refractivity contribution in [2.24, 2.45) is 44.4 Å². The van der Waals surface area contributed by atoms with Gasteiger partial charge in [-0.25, -0.2) is 4.79 Å². The van der Waals surface area contributed by atoms with Crippen LogP contribution < -0.4 is 50.4 Å². The van der Waals surface area contributed by atoms with E-state index in [0.29, 0.717) is 44.2 Å². The normalized spacial score (nSPS) is 13.4. The number of carboxylic acids is 1. The van der Waals surface area contributed by atoms with Gasteiger partial charge in [0.1, 0.15) is 18.1 Å². The number of rotatable bonds is 21. The van der Waals surface area contributed by atoms with Crippen LogP contribution in [0.3, 0.4) is 0 Å². The molecule has 16 N–H and O–H groups in total. The van der Waals surface area contributed by atoms with E-state index < -0.39 is 47.9 Å². The van der Waals surface area contributed by atoms with Gasteiger partial charge in [0, 0.05) is 19.5 Å². The van der Waals surface area contributed by atoms with Crippen molar-refractivity contribution in [3.8, 4) is 0 Å². The Kier molecular flexibility index (Phi) is 17.4. The van der Waals surface area contributed by atoms with Crippen molar-refractivity contribution in [3.63, 3.8) is 0 Å². The first-order valence-electron chi connectivity index (χ1n) is 14.2. The van der Waals surface area contributed by atoms with Crippen LogP contribution in [0.25, 0.3) is 0 Å². The van der Waals surface area contributed by atoms with Gasteiger partial charge in [-0.3, -0.25) is 24.4 Å². The molecule has 0 spiro atoms. The van der Waals surface area contributed by atoms with Gasteiger partial charge < -0.3 is 55.5 Å². The number of carboxylic acid groups (broad SMARTS) is 1. The van der Waals surface area contributed by atoms with Crippen LogP contribution in [0.4, 0.5) is 0 Å². The van der Waals surface area contributed by atoms with Crippen LogP contribution in [0.15, 0.2) is 40.3 Å². The average Bonchev–Trinajstić information content (AvgIpc) is 2.95. The molecule has 1 aromatic carbocycles. The fourth-order valence-corrected chi connectivity index (χ4v) is 4.06. The number of aliphatic carboxylic acids is 1. The Balaban J connectivity index is 3.10. The zero-order chi connectivity index (χ0) is 32.2. The Morgan fingerprint density at radius 3 is 1.65 bits per heavy atom. The zero-order valence-corrected chi connectivity index (χ0v) is 24.4. The Morgan fingerprint density at radius 2 is 1.19 bits per heavy atom. The summed E-state index contributed by atoms with van der Waals surface area (Å²) in [5.41, 5.74) is 33.7. The second-order valence-corrected chi connectivity index (χ2v) is 10.0. The van der Waals surface area contributed by atoms with Crippen LogP contribution in [0.1, 0.15) is 50.5 Å². The number of benzene rings is 1. The van der Waals surface area contributed by atoms with Gasteiger partial charge in [0.05, 0.1) is 6.04 Å². The molecule has 0 aromatic heterocycles. The first-order valence-corrected chi connectivity index (χ1v) is 14.2. The van der Waals surface area contributed by atoms with Crippen molar-refractivity contribution < 1.29 is 24.3 Å². The van der Waals surface area contributed by atoms with Crippen molar-refractivity contribution >= 4 is 35.6 Å². The number of hydrogen-bond acceptors (Lipinski definition) is 8. The number of nitrogens with two attached hydrogens (primary N) is 6. The van der Waals surface area contributed by atoms with E-state index in [1.807, 2.05) is 0 Å². The molecule has 0 heterocycles. The Morgan fingerprint density at radius 1 is 0.698 bits per heavy atom. The third-order valence-corrected chi connectivity index (χ3v) is 6.36. The molecule has 1 aromatic rings. The Bertz CT molecular complexity index is 1080. The number of unbranched alkanes of at least 4 members (excludes halogenated alkanes) is 1. The maximum absolute atomic E-state index is 13.4. The molecule has 0 saturated heterocycles. The van der Waals surface area contributed by atoms with Crippen LogP contribution in [0.2, 0.25) is 0 Å². The highest BCUT2D eigenvalue weighted by molar-refractivity contribution is 5.94. The summed E-state index contributed by atoms with van der Waals surface area (Å²) in [5, 5.41) is 17.6. The lowest BCUT2D eigenvalue weighted by Gasteiger charge is -2.25. The highest BCUT2D eigenvalue weighted by Gasteiger charge is 2.30. The van der Waals surface area contributed by atoms with Gasteiger partial charge in [0.25, 0.3) is 0 Å². The molecule has 240 valence electrons. The lowest BCUT2D eigenvalue weighted by molar-refractivity contribution is -0.142. The molecule has 0 saturated carbocycles. The lowest BCUT2D eigenvalue weighted by Crippen LogP contribution is -2.57. The van der Waals surface area contributed by atoms with Gasteiger partial charge >= 0.3 is 5.97 Å². The molecule has 4 atom stereocenters. The van der Waals surface area contributed by atoms with E-state index >= 15 is 0 Å². The number of amides is 3. The molecule has 0 fully saturated rings. The molecular formula is C27H47N11O5. The van der Waals surface area contributed by atoms with E-state index in [2.05, 4.69) is 25.9 Å². The molecule has 43 heavy (non-hydrogen) atoms. The standard InChI is InChI=1S/C27H47N11O5/c28-13-5-4-10-18(29)22(39)36-19(11-6-14-34-26(30)31)23(40)37-20(12-7-15-35-27(32)33)24(41)38-21(25(42)43)16-17-8-2-1-3-9-17/h1-3,8-9,18-21H,4-7,10-16,28-29H2,(H,36,39)(H,37,40)(H,38,41)(H,42,43)(H4,30,31,34)(H4,32,33,35). The van der Waals surface area contributed by atoms with E-state index in [4.69, 9.17) is 34.4 Å². The zero-order valence-electron chi connectivity index (χ0n) is 24.4. The van der Waals surface area contributed by atoms with Gasteiger partial charge in [-0.2, -0.15) is 0 Å². The largest absolute Gasteiger partial charge is 0.480 e. The molecule has 4 unspecified atom stereocenters. The molecule has 16 heteroatoms. The van der Waals surface area contributed by atoms with Gasteiger partial charge in [-0.15, -0.1) is 0 Å². The summed E-state index contributed by atoms with van der Waals surface area (Å²) in [7, 11) is 0. The molecule has 0 aliphatic carbocycles. The minimum Gasteiger partial charge on any atom is -0.480 e. The maximum Gasteiger partial charge on any atom is 0.326 e. The number of hydrogen-bond donors (Lipinski definition) is 10. The fraction of sp³-hybridized carbons (Fsp3) is 0.556. The van der Waals surface area contributed by atoms with Crippen LogP contribution >= 0.6 is 0 Å². The van der Waals surface area contributed by atoms with Crippen LogP contribution in [0, 0.1) is 0 Å². The second kappa shape index (κ2) is 20.4. The van der Waals surface area contributed by atoms with Gasteiger partial charge in [0.2, 0.25) is 17.7 Å². The first kappa shape index (κ1) is 36.6. The molecule has 0 aliphatic rings. The van der Waals surface area contributed by atoms with E-state index in [0.717, 1.165) is 0 Å². The molecule has 1 rings (SSSR count). The highest BCUT2D eigenvalue weighted by Crippen LogP contribution is 2.08. The summed E-state index contributed by atoms with van der Waals surface area (Å²) >= 11 is 0. The van der Waals surface area contributed by atoms with Crippen molar-refractivity contribution in [1.82, 2.24) is 16.0 Å². The summed E-state index contributed by atoms with van der Waals surface area (Å²) in [5.74, 6) is -3.41. The fourth-order valence-electron chi connectivity index (χ4n) is 4.06. The molecule has 0 bridgehead atoms. The smallest absolute Gasteiger partial charge is 0.326 e. The SMILES string of the molecule is NCCCCC(N)C(=O)NC(CCCN=C(N)N)C(=O)NC(CCCN=C(N)N)C(=O)NC(Cc1ccccc1)C(=O)O. The molecule has 3 amide bonds. The van der Waals surface area contributed by atoms with Crippen molar-refractivity contribution in [2.75, 3.05) is 19.6 Å². The summed E-state index contributed by atoms with van der Waals surface area (Å²) in [6, 6.07) is 4.44. The number of nitrogens with one attached hydrogen (secondary N) is 3. The molecular weight excluding hydrogens is 558 g/mol. The summed E-state index contributed by atoms with van der Waals surface area (Å²) in [6.07, 6.45) is 2.58. The summed E-state index contributed by atoms with van der Waals surface area (Å²) < 4.78 is 0. The van der Waals surface area contributed by atoms with Gasteiger partial charge in [-0.1, -0.05) is 36.8 Å². The lowest BCUT2D eigenvalue weighted by atomic mass is 10.0. The van der Waals surface area contributed by atoms with Crippen LogP contribution in [0.5, 0.6) is 0 Å². The van der Waals surface area contributed by atoms with E-state index in [-0.39, 0.29) is 44.3 Å². The van der Waals surface area contributed by atoms with Crippen molar-refractivity contribution in [2.45, 2.75) is 75.5 Å². The third-order valence-electron chi connectivity index (χ3n) is 6.36. The summed E-state index contributed by atoms with van der Waals surface area (Å²) in [4.78, 5) is 59.3. The predicted molar refractivity (Wildman–Crippen MR) is 164 cm³/mol. The molecule has 16 nitrogen and oxygen atoms in total. The maximum atomic E-state index is 13.4. The number of guanidine groups is 2. The van der Waals surface area contributed by atoms with Crippen molar-refractivity contribution in [3.05, 3.63) is 35.9 Å². The molecule has 0 aliphatic heterocycles. The Labute approximate surface area is 251 Å². The van der Waals surface area contributed by atoms with Crippen LogP contribution in [-0.2, 0) is 25.6 Å². The number of nitrogens with zero attached hydrogens (tertiary/aromatic N) is 2. The second-order valence-electron chi connectivity index (χ2n) is 10.0. The minimum atomic E-state index is -1.26. The van der Waals surface area contributed by atoms with E-state index in [9.17, 15) is 24.3 Å². The van der Waals surface area contributed by atoms with E-state index in [1.165, 1.54) is 0 Å². The highest BCUT2D eigenvalue weighted by atomic mass is 16.4. The first-order chi connectivity index (χ1) is 20.4. The van der Waals surface area contributed by atoms with Gasteiger partial charge in [0.15, 0.2) is 11.9 Å². The van der Waals surface area contributed by atoms with Crippen LogP contribution in [-0.4, -0.2) is 84.5 Å². The minimum absolute atomic E-state index is 0.0299. The third kappa shape index (κ3) is 16.0. The van der Waals surface area contributed by atoms with Crippen molar-refractivity contribution in [1.29, 1.82) is 0 Å². The Hall–Kier alpha value is -4.44. The molecule has 0 radical (unpaired) electrons.